The first-order valence-corrected chi connectivity index (χ1v) is 5.73. The Hall–Kier alpha value is -2.16. The Morgan fingerprint density at radius 2 is 1.78 bits per heavy atom. The Morgan fingerprint density at radius 3 is 2.39 bits per heavy atom. The summed E-state index contributed by atoms with van der Waals surface area (Å²) in [7, 11) is 3.99. The van der Waals surface area contributed by atoms with Crippen molar-refractivity contribution < 1.29 is 4.39 Å². The summed E-state index contributed by atoms with van der Waals surface area (Å²) in [5, 5.41) is 0. The smallest absolute Gasteiger partial charge is 0.220 e. The minimum absolute atomic E-state index is 0.446. The van der Waals surface area contributed by atoms with Gasteiger partial charge in [-0.2, -0.15) is 4.39 Å². The van der Waals surface area contributed by atoms with Crippen LogP contribution in [0.3, 0.4) is 0 Å². The molecule has 0 atom stereocenters. The van der Waals surface area contributed by atoms with Crippen LogP contribution in [0.2, 0.25) is 0 Å². The summed E-state index contributed by atoms with van der Waals surface area (Å²) in [5.74, 6) is -0.446. The largest absolute Gasteiger partial charge is 0.378 e. The maximum Gasteiger partial charge on any atom is 0.220 e. The number of anilines is 1. The summed E-state index contributed by atoms with van der Waals surface area (Å²) < 4.78 is 13.3. The van der Waals surface area contributed by atoms with Gasteiger partial charge in [-0.15, -0.1) is 0 Å². The van der Waals surface area contributed by atoms with E-state index in [0.29, 0.717) is 5.56 Å². The van der Waals surface area contributed by atoms with Crippen molar-refractivity contribution in [2.45, 2.75) is 0 Å². The van der Waals surface area contributed by atoms with Crippen molar-refractivity contribution in [3.63, 3.8) is 0 Å². The molecule has 1 aromatic carbocycles. The van der Waals surface area contributed by atoms with Crippen LogP contribution in [0.1, 0.15) is 11.1 Å². The molecule has 0 aliphatic carbocycles. The van der Waals surface area contributed by atoms with Gasteiger partial charge in [0.15, 0.2) is 0 Å². The van der Waals surface area contributed by atoms with Crippen LogP contribution < -0.4 is 4.90 Å². The summed E-state index contributed by atoms with van der Waals surface area (Å²) in [6, 6.07) is 11.5. The molecule has 2 aromatic rings. The molecule has 0 amide bonds. The topological polar surface area (TPSA) is 16.1 Å². The van der Waals surface area contributed by atoms with Crippen molar-refractivity contribution in [2.75, 3.05) is 19.0 Å². The highest BCUT2D eigenvalue weighted by molar-refractivity contribution is 5.70. The van der Waals surface area contributed by atoms with Crippen LogP contribution >= 0.6 is 0 Å². The van der Waals surface area contributed by atoms with Gasteiger partial charge in [0.05, 0.1) is 0 Å². The predicted molar refractivity (Wildman–Crippen MR) is 73.9 cm³/mol. The summed E-state index contributed by atoms with van der Waals surface area (Å²) >= 11 is 0. The SMILES string of the molecule is CN(C)c1ccc(C=Cc2cccnc2F)cc1. The van der Waals surface area contributed by atoms with Crippen LogP contribution in [-0.4, -0.2) is 19.1 Å². The quantitative estimate of drug-likeness (QED) is 0.766. The minimum Gasteiger partial charge on any atom is -0.378 e. The number of rotatable bonds is 3. The van der Waals surface area contributed by atoms with Gasteiger partial charge in [-0.1, -0.05) is 18.2 Å². The van der Waals surface area contributed by atoms with Crippen LogP contribution in [-0.2, 0) is 0 Å². The number of nitrogens with zero attached hydrogens (tertiary/aromatic N) is 2. The van der Waals surface area contributed by atoms with Crippen molar-refractivity contribution >= 4 is 17.8 Å². The first-order chi connectivity index (χ1) is 8.66. The summed E-state index contributed by atoms with van der Waals surface area (Å²) in [4.78, 5) is 5.64. The van der Waals surface area contributed by atoms with Gasteiger partial charge in [0, 0.05) is 31.5 Å². The number of benzene rings is 1. The summed E-state index contributed by atoms with van der Waals surface area (Å²) in [6.07, 6.45) is 5.05. The fourth-order valence-corrected chi connectivity index (χ4v) is 1.59. The molecule has 0 aliphatic rings. The van der Waals surface area contributed by atoms with Gasteiger partial charge in [-0.25, -0.2) is 4.98 Å². The van der Waals surface area contributed by atoms with Crippen molar-refractivity contribution in [3.8, 4) is 0 Å². The van der Waals surface area contributed by atoms with Crippen molar-refractivity contribution in [3.05, 3.63) is 59.7 Å². The molecule has 0 N–H and O–H groups in total. The second kappa shape index (κ2) is 5.45. The molecule has 2 rings (SSSR count). The van der Waals surface area contributed by atoms with Gasteiger partial charge < -0.3 is 4.90 Å². The molecular weight excluding hydrogens is 227 g/mol. The van der Waals surface area contributed by atoms with Crippen LogP contribution in [0.4, 0.5) is 10.1 Å². The molecule has 0 saturated heterocycles. The van der Waals surface area contributed by atoms with Crippen molar-refractivity contribution in [2.24, 2.45) is 0 Å². The molecule has 0 bridgehead atoms. The molecule has 1 heterocycles. The molecule has 0 fully saturated rings. The number of aromatic nitrogens is 1. The third-order valence-corrected chi connectivity index (χ3v) is 2.65. The Balaban J connectivity index is 2.17. The molecule has 0 unspecified atom stereocenters. The number of pyridine rings is 1. The Morgan fingerprint density at radius 1 is 1.06 bits per heavy atom. The van der Waals surface area contributed by atoms with E-state index in [-0.39, 0.29) is 0 Å². The molecule has 2 nitrogen and oxygen atoms in total. The molecule has 3 heteroatoms. The number of hydrogen-bond acceptors (Lipinski definition) is 2. The third kappa shape index (κ3) is 2.94. The normalized spacial score (nSPS) is 10.8. The molecule has 0 saturated carbocycles. The van der Waals surface area contributed by atoms with Crippen LogP contribution in [0, 0.1) is 5.95 Å². The third-order valence-electron chi connectivity index (χ3n) is 2.65. The number of halogens is 1. The number of hydrogen-bond donors (Lipinski definition) is 0. The average molecular weight is 242 g/mol. The van der Waals surface area contributed by atoms with Crippen molar-refractivity contribution in [1.82, 2.24) is 4.98 Å². The van der Waals surface area contributed by atoms with Gasteiger partial charge in [0.2, 0.25) is 5.95 Å². The van der Waals surface area contributed by atoms with E-state index in [4.69, 9.17) is 0 Å². The zero-order chi connectivity index (χ0) is 13.0. The molecule has 92 valence electrons. The standard InChI is InChI=1S/C15H15FN2/c1-18(2)14-9-6-12(7-10-14)5-8-13-4-3-11-17-15(13)16/h3-11H,1-2H3. The highest BCUT2D eigenvalue weighted by Gasteiger charge is 1.97. The van der Waals surface area contributed by atoms with Gasteiger partial charge in [-0.3, -0.25) is 0 Å². The van der Waals surface area contributed by atoms with Gasteiger partial charge in [-0.05, 0) is 35.9 Å². The summed E-state index contributed by atoms with van der Waals surface area (Å²) in [5.41, 5.74) is 2.66. The van der Waals surface area contributed by atoms with E-state index in [1.807, 2.05) is 49.3 Å². The van der Waals surface area contributed by atoms with Crippen LogP contribution in [0.15, 0.2) is 42.6 Å². The average Bonchev–Trinajstić information content (AvgIpc) is 2.38. The fraction of sp³-hybridized carbons (Fsp3) is 0.133. The predicted octanol–water partition coefficient (Wildman–Crippen LogP) is 3.46. The Labute approximate surface area is 106 Å². The maximum atomic E-state index is 13.3. The monoisotopic (exact) mass is 242 g/mol. The van der Waals surface area contributed by atoms with Crippen LogP contribution in [0.5, 0.6) is 0 Å². The van der Waals surface area contributed by atoms with Crippen LogP contribution in [0.25, 0.3) is 12.2 Å². The minimum atomic E-state index is -0.446. The zero-order valence-electron chi connectivity index (χ0n) is 10.5. The fourth-order valence-electron chi connectivity index (χ4n) is 1.59. The van der Waals surface area contributed by atoms with E-state index in [1.165, 1.54) is 6.20 Å². The Bertz CT molecular complexity index is 545. The Kier molecular flexibility index (Phi) is 3.72. The van der Waals surface area contributed by atoms with Gasteiger partial charge in [0.25, 0.3) is 0 Å². The molecule has 1 aromatic heterocycles. The van der Waals surface area contributed by atoms with Gasteiger partial charge >= 0.3 is 0 Å². The summed E-state index contributed by atoms with van der Waals surface area (Å²) in [6.45, 7) is 0. The zero-order valence-corrected chi connectivity index (χ0v) is 10.5. The van der Waals surface area contributed by atoms with E-state index in [1.54, 1.807) is 18.2 Å². The second-order valence-corrected chi connectivity index (χ2v) is 4.20. The van der Waals surface area contributed by atoms with E-state index in [2.05, 4.69) is 4.98 Å². The highest BCUT2D eigenvalue weighted by atomic mass is 19.1. The van der Waals surface area contributed by atoms with E-state index in [0.717, 1.165) is 11.3 Å². The highest BCUT2D eigenvalue weighted by Crippen LogP contribution is 2.15. The van der Waals surface area contributed by atoms with E-state index >= 15 is 0 Å². The van der Waals surface area contributed by atoms with E-state index < -0.39 is 5.95 Å². The molecule has 0 aliphatic heterocycles. The van der Waals surface area contributed by atoms with E-state index in [9.17, 15) is 4.39 Å². The first-order valence-electron chi connectivity index (χ1n) is 5.73. The lowest BCUT2D eigenvalue weighted by atomic mass is 10.1. The maximum absolute atomic E-state index is 13.3. The lowest BCUT2D eigenvalue weighted by Crippen LogP contribution is -2.07. The lowest BCUT2D eigenvalue weighted by Gasteiger charge is -2.11. The lowest BCUT2D eigenvalue weighted by molar-refractivity contribution is 0.581. The molecule has 0 spiro atoms. The first kappa shape index (κ1) is 12.3. The van der Waals surface area contributed by atoms with Gasteiger partial charge in [0.1, 0.15) is 0 Å². The van der Waals surface area contributed by atoms with Crippen molar-refractivity contribution in [1.29, 1.82) is 0 Å². The molecule has 18 heavy (non-hydrogen) atoms. The second-order valence-electron chi connectivity index (χ2n) is 4.20. The molecular formula is C15H15FN2. The molecule has 0 radical (unpaired) electrons.